The molecule has 0 atom stereocenters. The highest BCUT2D eigenvalue weighted by Gasteiger charge is 2.19. The number of nitrogens with zero attached hydrogens (tertiary/aromatic N) is 1. The third-order valence-corrected chi connectivity index (χ3v) is 5.22. The second kappa shape index (κ2) is 12.1. The van der Waals surface area contributed by atoms with E-state index >= 15 is 0 Å². The number of hydrogen-bond donors (Lipinski definition) is 2. The van der Waals surface area contributed by atoms with Gasteiger partial charge in [-0.15, -0.1) is 0 Å². The first kappa shape index (κ1) is 25.9. The van der Waals surface area contributed by atoms with Gasteiger partial charge in [0.1, 0.15) is 18.1 Å². The van der Waals surface area contributed by atoms with Gasteiger partial charge in [0.25, 0.3) is 5.91 Å². The summed E-state index contributed by atoms with van der Waals surface area (Å²) in [6.07, 6.45) is 1.44. The summed E-state index contributed by atoms with van der Waals surface area (Å²) in [5.41, 5.74) is 8.26. The van der Waals surface area contributed by atoms with Crippen molar-refractivity contribution in [3.8, 4) is 5.75 Å². The van der Waals surface area contributed by atoms with Gasteiger partial charge in [-0.2, -0.15) is 0 Å². The Balaban J connectivity index is 1.72. The predicted octanol–water partition coefficient (Wildman–Crippen LogP) is 4.19. The van der Waals surface area contributed by atoms with Crippen molar-refractivity contribution in [3.63, 3.8) is 0 Å². The van der Waals surface area contributed by atoms with Crippen molar-refractivity contribution >= 4 is 34.9 Å². The zero-order valence-electron chi connectivity index (χ0n) is 20.1. The van der Waals surface area contributed by atoms with Crippen LogP contribution < -0.4 is 15.4 Å². The van der Waals surface area contributed by atoms with Crippen LogP contribution in [0.15, 0.2) is 84.9 Å². The number of carbonyl (C=O) groups is 3. The van der Waals surface area contributed by atoms with Crippen molar-refractivity contribution < 1.29 is 23.9 Å². The van der Waals surface area contributed by atoms with E-state index in [2.05, 4.69) is 0 Å². The van der Waals surface area contributed by atoms with E-state index in [-0.39, 0.29) is 24.9 Å². The van der Waals surface area contributed by atoms with E-state index in [4.69, 9.17) is 20.6 Å². The fourth-order valence-electron chi connectivity index (χ4n) is 3.32. The number of carbonyl (C=O) groups excluding carboxylic acids is 3. The molecule has 8 nitrogen and oxygen atoms in total. The largest absolute Gasteiger partial charge is 0.465 e. The van der Waals surface area contributed by atoms with E-state index < -0.39 is 11.9 Å². The molecule has 0 aliphatic heterocycles. The molecule has 3 aromatic rings. The highest BCUT2D eigenvalue weighted by molar-refractivity contribution is 6.07. The first-order valence-electron chi connectivity index (χ1n) is 11.3. The molecule has 0 aliphatic carbocycles. The van der Waals surface area contributed by atoms with Crippen LogP contribution in [0.3, 0.4) is 0 Å². The molecular formula is C28H27N3O5. The number of nitrogens with one attached hydrogen (secondary N) is 1. The lowest BCUT2D eigenvalue weighted by Crippen LogP contribution is -2.35. The Morgan fingerprint density at radius 2 is 1.47 bits per heavy atom. The summed E-state index contributed by atoms with van der Waals surface area (Å²) >= 11 is 0. The van der Waals surface area contributed by atoms with Gasteiger partial charge in [0.2, 0.25) is 0 Å². The summed E-state index contributed by atoms with van der Waals surface area (Å²) in [6, 6.07) is 21.9. The van der Waals surface area contributed by atoms with E-state index in [0.29, 0.717) is 28.1 Å². The fourth-order valence-corrected chi connectivity index (χ4v) is 3.32. The van der Waals surface area contributed by atoms with Crippen molar-refractivity contribution in [2.24, 2.45) is 5.73 Å². The molecule has 0 radical (unpaired) electrons. The summed E-state index contributed by atoms with van der Waals surface area (Å²) in [6.45, 7) is 3.50. The van der Waals surface area contributed by atoms with Crippen LogP contribution in [0.25, 0.3) is 5.57 Å². The number of allylic oxidation sites excluding steroid dienone is 1. The number of anilines is 1. The minimum atomic E-state index is -0.542. The molecule has 3 rings (SSSR count). The Morgan fingerprint density at radius 1 is 0.889 bits per heavy atom. The third-order valence-electron chi connectivity index (χ3n) is 5.22. The number of para-hydroxylation sites is 1. The van der Waals surface area contributed by atoms with Crippen LogP contribution in [0.4, 0.5) is 5.69 Å². The SMILES string of the molecule is CCOC(=O)CN(C(=O)/C=C(\C)c1ccc(C(=O)Oc2ccc(C(=N)N)cc2)cc1)c1ccccc1. The molecule has 0 saturated heterocycles. The van der Waals surface area contributed by atoms with Crippen LogP contribution in [-0.2, 0) is 14.3 Å². The Morgan fingerprint density at radius 3 is 2.06 bits per heavy atom. The fraction of sp³-hybridized carbons (Fsp3) is 0.143. The van der Waals surface area contributed by atoms with Crippen molar-refractivity contribution in [2.45, 2.75) is 13.8 Å². The third kappa shape index (κ3) is 6.89. The topological polar surface area (TPSA) is 123 Å². The number of benzene rings is 3. The van der Waals surface area contributed by atoms with Gasteiger partial charge in [-0.05, 0) is 73.5 Å². The number of ether oxygens (including phenoxy) is 2. The van der Waals surface area contributed by atoms with Gasteiger partial charge in [-0.1, -0.05) is 30.3 Å². The Bertz CT molecular complexity index is 1270. The number of esters is 2. The molecule has 8 heteroatoms. The van der Waals surface area contributed by atoms with Gasteiger partial charge in [-0.3, -0.25) is 19.9 Å². The van der Waals surface area contributed by atoms with Gasteiger partial charge in [0, 0.05) is 17.3 Å². The zero-order chi connectivity index (χ0) is 26.1. The van der Waals surface area contributed by atoms with Crippen molar-refractivity contribution in [2.75, 3.05) is 18.1 Å². The van der Waals surface area contributed by atoms with E-state index in [1.54, 1.807) is 86.6 Å². The smallest absolute Gasteiger partial charge is 0.343 e. The van der Waals surface area contributed by atoms with Crippen LogP contribution in [-0.4, -0.2) is 36.8 Å². The van der Waals surface area contributed by atoms with Crippen LogP contribution in [0, 0.1) is 5.41 Å². The second-order valence-electron chi connectivity index (χ2n) is 7.80. The molecular weight excluding hydrogens is 458 g/mol. The second-order valence-corrected chi connectivity index (χ2v) is 7.80. The number of rotatable bonds is 9. The molecule has 184 valence electrons. The normalized spacial score (nSPS) is 10.9. The molecule has 3 N–H and O–H groups in total. The maximum Gasteiger partial charge on any atom is 0.343 e. The van der Waals surface area contributed by atoms with Gasteiger partial charge in [0.15, 0.2) is 0 Å². The van der Waals surface area contributed by atoms with E-state index in [9.17, 15) is 14.4 Å². The lowest BCUT2D eigenvalue weighted by atomic mass is 10.0. The predicted molar refractivity (Wildman–Crippen MR) is 138 cm³/mol. The van der Waals surface area contributed by atoms with E-state index in [0.717, 1.165) is 5.56 Å². The van der Waals surface area contributed by atoms with Crippen LogP contribution in [0.1, 0.15) is 35.3 Å². The maximum atomic E-state index is 13.1. The van der Waals surface area contributed by atoms with Crippen LogP contribution in [0.5, 0.6) is 5.75 Å². The van der Waals surface area contributed by atoms with Gasteiger partial charge in [0.05, 0.1) is 12.2 Å². The maximum absolute atomic E-state index is 13.1. The molecule has 36 heavy (non-hydrogen) atoms. The van der Waals surface area contributed by atoms with Gasteiger partial charge >= 0.3 is 11.9 Å². The highest BCUT2D eigenvalue weighted by atomic mass is 16.5. The summed E-state index contributed by atoms with van der Waals surface area (Å²) in [7, 11) is 0. The minimum Gasteiger partial charge on any atom is -0.465 e. The molecule has 0 saturated carbocycles. The monoisotopic (exact) mass is 485 g/mol. The minimum absolute atomic E-state index is 0.0712. The lowest BCUT2D eigenvalue weighted by Gasteiger charge is -2.20. The summed E-state index contributed by atoms with van der Waals surface area (Å²) in [5.74, 6) is -1.15. The van der Waals surface area contributed by atoms with Crippen LogP contribution in [0.2, 0.25) is 0 Å². The molecule has 3 aromatic carbocycles. The zero-order valence-corrected chi connectivity index (χ0v) is 20.1. The average Bonchev–Trinajstić information content (AvgIpc) is 2.88. The molecule has 0 bridgehead atoms. The molecule has 0 heterocycles. The van der Waals surface area contributed by atoms with Crippen molar-refractivity contribution in [1.29, 1.82) is 5.41 Å². The number of hydrogen-bond acceptors (Lipinski definition) is 6. The molecule has 0 aliphatic rings. The number of nitrogen functional groups attached to an aromatic ring is 1. The number of nitrogens with two attached hydrogens (primary N) is 1. The van der Waals surface area contributed by atoms with Crippen molar-refractivity contribution in [1.82, 2.24) is 0 Å². The average molecular weight is 486 g/mol. The summed E-state index contributed by atoms with van der Waals surface area (Å²) < 4.78 is 10.4. The molecule has 0 fully saturated rings. The summed E-state index contributed by atoms with van der Waals surface area (Å²) in [4.78, 5) is 39.0. The molecule has 0 aromatic heterocycles. The van der Waals surface area contributed by atoms with Gasteiger partial charge < -0.3 is 15.2 Å². The Labute approximate surface area is 209 Å². The molecule has 0 spiro atoms. The lowest BCUT2D eigenvalue weighted by molar-refractivity contribution is -0.142. The standard InChI is InChI=1S/C28H27N3O5/c1-3-35-26(33)18-31(23-7-5-4-6-8-23)25(32)17-19(2)20-9-11-22(12-10-20)28(34)36-24-15-13-21(14-16-24)27(29)30/h4-17H,3,18H2,1-2H3,(H3,29,30)/b19-17+. The Kier molecular flexibility index (Phi) is 8.72. The van der Waals surface area contributed by atoms with E-state index in [1.165, 1.54) is 11.0 Å². The van der Waals surface area contributed by atoms with Crippen LogP contribution >= 0.6 is 0 Å². The highest BCUT2D eigenvalue weighted by Crippen LogP contribution is 2.20. The summed E-state index contributed by atoms with van der Waals surface area (Å²) in [5, 5.41) is 7.41. The first-order chi connectivity index (χ1) is 17.3. The number of amides is 1. The molecule has 0 unspecified atom stereocenters. The first-order valence-corrected chi connectivity index (χ1v) is 11.3. The Hall–Kier alpha value is -4.72. The van der Waals surface area contributed by atoms with E-state index in [1.807, 2.05) is 6.07 Å². The van der Waals surface area contributed by atoms with Crippen molar-refractivity contribution in [3.05, 3.63) is 102 Å². The quantitative estimate of drug-likeness (QED) is 0.154. The van der Waals surface area contributed by atoms with Gasteiger partial charge in [-0.25, -0.2) is 4.79 Å². The number of amidine groups is 1. The molecule has 1 amide bonds.